The Labute approximate surface area is 116 Å². The molecule has 0 saturated carbocycles. The lowest BCUT2D eigenvalue weighted by atomic mass is 9.86. The van der Waals surface area contributed by atoms with E-state index in [-0.39, 0.29) is 0 Å². The Morgan fingerprint density at radius 3 is 1.74 bits per heavy atom. The first-order chi connectivity index (χ1) is 8.41. The van der Waals surface area contributed by atoms with Gasteiger partial charge in [0.15, 0.2) is 9.84 Å². The average Bonchev–Trinajstić information content (AvgIpc) is 2.25. The maximum atomic E-state index is 11.9. The Hall–Kier alpha value is -0.870. The summed E-state index contributed by atoms with van der Waals surface area (Å²) in [6, 6.07) is 2.06. The van der Waals surface area contributed by atoms with Crippen LogP contribution in [0.5, 0.6) is 0 Å². The van der Waals surface area contributed by atoms with Gasteiger partial charge in [-0.2, -0.15) is 0 Å². The number of aliphatic hydroxyl groups is 1. The van der Waals surface area contributed by atoms with E-state index < -0.39 is 20.7 Å². The van der Waals surface area contributed by atoms with E-state index in [0.29, 0.717) is 0 Å². The zero-order valence-corrected chi connectivity index (χ0v) is 13.6. The molecular weight excluding hydrogens is 260 g/mol. The number of rotatable bonds is 3. The van der Waals surface area contributed by atoms with Gasteiger partial charge < -0.3 is 5.11 Å². The summed E-state index contributed by atoms with van der Waals surface area (Å²) in [5.41, 5.74) is 4.82. The number of aliphatic hydroxyl groups excluding tert-OH is 1. The summed E-state index contributed by atoms with van der Waals surface area (Å²) < 4.78 is 22.6. The highest BCUT2D eigenvalue weighted by Crippen LogP contribution is 2.37. The van der Waals surface area contributed by atoms with E-state index in [0.717, 1.165) is 27.8 Å². The zero-order chi connectivity index (χ0) is 15.2. The van der Waals surface area contributed by atoms with Gasteiger partial charge in [0.05, 0.1) is 10.9 Å². The molecule has 0 saturated heterocycles. The van der Waals surface area contributed by atoms with Crippen LogP contribution in [0.4, 0.5) is 0 Å². The number of aryl methyl sites for hydroxylation is 2. The molecule has 0 bridgehead atoms. The fraction of sp³-hybridized carbons (Fsp3) is 0.600. The lowest BCUT2D eigenvalue weighted by Gasteiger charge is -2.32. The molecule has 0 fully saturated rings. The molecule has 108 valence electrons. The smallest absolute Gasteiger partial charge is 0.155 e. The van der Waals surface area contributed by atoms with E-state index in [4.69, 9.17) is 0 Å². The highest BCUT2D eigenvalue weighted by atomic mass is 32.2. The Kier molecular flexibility index (Phi) is 4.18. The van der Waals surface area contributed by atoms with Crippen molar-refractivity contribution in [1.82, 2.24) is 0 Å². The first-order valence-electron chi connectivity index (χ1n) is 6.36. The van der Waals surface area contributed by atoms with E-state index in [9.17, 15) is 13.5 Å². The van der Waals surface area contributed by atoms with Crippen LogP contribution in [0.1, 0.15) is 47.8 Å². The summed E-state index contributed by atoms with van der Waals surface area (Å²) in [6.07, 6.45) is 0.143. The third-order valence-corrected chi connectivity index (χ3v) is 6.45. The lowest BCUT2D eigenvalue weighted by molar-refractivity contribution is 0.138. The van der Waals surface area contributed by atoms with E-state index in [1.807, 2.05) is 27.7 Å². The molecule has 1 aromatic carbocycles. The van der Waals surface area contributed by atoms with Gasteiger partial charge in [-0.15, -0.1) is 0 Å². The van der Waals surface area contributed by atoms with Gasteiger partial charge in [-0.3, -0.25) is 0 Å². The van der Waals surface area contributed by atoms with Crippen LogP contribution in [-0.2, 0) is 9.84 Å². The fourth-order valence-corrected chi connectivity index (χ4v) is 2.73. The van der Waals surface area contributed by atoms with E-state index in [1.165, 1.54) is 6.26 Å². The van der Waals surface area contributed by atoms with Crippen LogP contribution >= 0.6 is 0 Å². The summed E-state index contributed by atoms with van der Waals surface area (Å²) in [5, 5.41) is 10.6. The molecule has 0 amide bonds. The standard InChI is InChI=1S/C15H24O3S/c1-9-8-10(2)12(4)13(11(9)3)14(16)15(5,6)19(7,17)18/h8,14,16H,1-7H3. The Morgan fingerprint density at radius 2 is 1.42 bits per heavy atom. The number of sulfone groups is 1. The van der Waals surface area contributed by atoms with Gasteiger partial charge in [0.2, 0.25) is 0 Å². The topological polar surface area (TPSA) is 54.4 Å². The third-order valence-electron chi connectivity index (χ3n) is 4.31. The van der Waals surface area contributed by atoms with Gasteiger partial charge in [-0.25, -0.2) is 8.42 Å². The van der Waals surface area contributed by atoms with Gasteiger partial charge in [-0.1, -0.05) is 6.07 Å². The molecule has 1 aromatic rings. The number of benzene rings is 1. The Balaban J connectivity index is 3.56. The molecule has 1 N–H and O–H groups in total. The van der Waals surface area contributed by atoms with Crippen LogP contribution < -0.4 is 0 Å². The number of hydrogen-bond donors (Lipinski definition) is 1. The van der Waals surface area contributed by atoms with Gasteiger partial charge in [0.25, 0.3) is 0 Å². The van der Waals surface area contributed by atoms with Crippen molar-refractivity contribution in [3.63, 3.8) is 0 Å². The molecule has 0 spiro atoms. The molecule has 4 heteroatoms. The molecule has 3 nitrogen and oxygen atoms in total. The molecule has 0 heterocycles. The molecule has 0 radical (unpaired) electrons. The second-order valence-electron chi connectivity index (χ2n) is 5.95. The first-order valence-corrected chi connectivity index (χ1v) is 8.25. The average molecular weight is 284 g/mol. The van der Waals surface area contributed by atoms with Gasteiger partial charge >= 0.3 is 0 Å². The quantitative estimate of drug-likeness (QED) is 0.928. The Morgan fingerprint density at radius 1 is 1.05 bits per heavy atom. The van der Waals surface area contributed by atoms with Crippen LogP contribution in [0, 0.1) is 27.7 Å². The molecule has 1 unspecified atom stereocenters. The molecule has 0 aromatic heterocycles. The SMILES string of the molecule is Cc1cc(C)c(C)c(C(O)C(C)(C)S(C)(=O)=O)c1C. The van der Waals surface area contributed by atoms with Crippen LogP contribution in [0.3, 0.4) is 0 Å². The Bertz CT molecular complexity index is 572. The van der Waals surface area contributed by atoms with E-state index >= 15 is 0 Å². The van der Waals surface area contributed by atoms with Crippen LogP contribution in [0.25, 0.3) is 0 Å². The second-order valence-corrected chi connectivity index (χ2v) is 8.55. The van der Waals surface area contributed by atoms with Crippen molar-refractivity contribution in [3.05, 3.63) is 33.9 Å². The molecule has 1 rings (SSSR count). The third kappa shape index (κ3) is 2.70. The van der Waals surface area contributed by atoms with E-state index in [1.54, 1.807) is 13.8 Å². The lowest BCUT2D eigenvalue weighted by Crippen LogP contribution is -2.38. The van der Waals surface area contributed by atoms with Crippen molar-refractivity contribution in [2.45, 2.75) is 52.4 Å². The molecule has 19 heavy (non-hydrogen) atoms. The van der Waals surface area contributed by atoms with Crippen molar-refractivity contribution in [3.8, 4) is 0 Å². The van der Waals surface area contributed by atoms with Crippen molar-refractivity contribution >= 4 is 9.84 Å². The molecule has 0 aliphatic carbocycles. The van der Waals surface area contributed by atoms with E-state index in [2.05, 4.69) is 6.07 Å². The summed E-state index contributed by atoms with van der Waals surface area (Å²) in [4.78, 5) is 0. The molecule has 1 atom stereocenters. The highest BCUT2D eigenvalue weighted by molar-refractivity contribution is 7.92. The molecule has 0 aliphatic rings. The van der Waals surface area contributed by atoms with Crippen molar-refractivity contribution < 1.29 is 13.5 Å². The predicted octanol–water partition coefficient (Wildman–Crippen LogP) is 2.78. The summed E-state index contributed by atoms with van der Waals surface area (Å²) in [6.45, 7) is 11.0. The van der Waals surface area contributed by atoms with Crippen molar-refractivity contribution in [1.29, 1.82) is 0 Å². The summed E-state index contributed by atoms with van der Waals surface area (Å²) in [7, 11) is -3.36. The minimum Gasteiger partial charge on any atom is -0.387 e. The first kappa shape index (κ1) is 16.2. The number of hydrogen-bond acceptors (Lipinski definition) is 3. The van der Waals surface area contributed by atoms with Crippen LogP contribution in [0.15, 0.2) is 6.07 Å². The summed E-state index contributed by atoms with van der Waals surface area (Å²) in [5.74, 6) is 0. The van der Waals surface area contributed by atoms with Gasteiger partial charge in [0.1, 0.15) is 0 Å². The molecule has 0 aliphatic heterocycles. The zero-order valence-electron chi connectivity index (χ0n) is 12.8. The maximum absolute atomic E-state index is 11.9. The maximum Gasteiger partial charge on any atom is 0.155 e. The van der Waals surface area contributed by atoms with Gasteiger partial charge in [-0.05, 0) is 69.4 Å². The predicted molar refractivity (Wildman–Crippen MR) is 79.3 cm³/mol. The summed E-state index contributed by atoms with van der Waals surface area (Å²) >= 11 is 0. The van der Waals surface area contributed by atoms with Crippen LogP contribution in [-0.4, -0.2) is 24.5 Å². The minimum atomic E-state index is -3.36. The van der Waals surface area contributed by atoms with Crippen LogP contribution in [0.2, 0.25) is 0 Å². The fourth-order valence-electron chi connectivity index (χ4n) is 2.21. The molecular formula is C15H24O3S. The van der Waals surface area contributed by atoms with Crippen molar-refractivity contribution in [2.24, 2.45) is 0 Å². The van der Waals surface area contributed by atoms with Gasteiger partial charge in [0, 0.05) is 6.26 Å². The largest absolute Gasteiger partial charge is 0.387 e. The normalized spacial score (nSPS) is 14.5. The minimum absolute atomic E-state index is 0.743. The monoisotopic (exact) mass is 284 g/mol. The van der Waals surface area contributed by atoms with Crippen molar-refractivity contribution in [2.75, 3.05) is 6.26 Å². The second kappa shape index (κ2) is 4.91. The highest BCUT2D eigenvalue weighted by Gasteiger charge is 2.40.